The van der Waals surface area contributed by atoms with Crippen molar-refractivity contribution >= 4 is 17.3 Å². The van der Waals surface area contributed by atoms with Crippen LogP contribution in [0.25, 0.3) is 11.1 Å². The van der Waals surface area contributed by atoms with Crippen molar-refractivity contribution in [2.75, 3.05) is 5.73 Å². The molecule has 88 valence electrons. The fourth-order valence-electron chi connectivity index (χ4n) is 1.67. The predicted octanol–water partition coefficient (Wildman–Crippen LogP) is 3.57. The van der Waals surface area contributed by atoms with E-state index in [4.69, 9.17) is 17.3 Å². The van der Waals surface area contributed by atoms with Crippen LogP contribution in [0, 0.1) is 18.6 Å². The standard InChI is InChI=1S/C12H9ClF2N2/c1-6-11(8(13)2-3-17-6)12-9(14)4-7(16)5-10(12)15/h2-5H,16H2,1H3. The van der Waals surface area contributed by atoms with E-state index in [1.807, 2.05) is 0 Å². The minimum Gasteiger partial charge on any atom is -0.399 e. The van der Waals surface area contributed by atoms with Crippen LogP contribution in [-0.4, -0.2) is 4.98 Å². The zero-order valence-corrected chi connectivity index (χ0v) is 9.72. The maximum absolute atomic E-state index is 13.8. The first-order valence-electron chi connectivity index (χ1n) is 4.86. The Kier molecular flexibility index (Phi) is 2.98. The number of pyridine rings is 1. The second kappa shape index (κ2) is 4.30. The molecule has 0 saturated carbocycles. The first-order chi connectivity index (χ1) is 8.00. The summed E-state index contributed by atoms with van der Waals surface area (Å²) in [6, 6.07) is 3.60. The lowest BCUT2D eigenvalue weighted by Gasteiger charge is -2.10. The van der Waals surface area contributed by atoms with Crippen LogP contribution < -0.4 is 5.73 Å². The van der Waals surface area contributed by atoms with Gasteiger partial charge in [-0.25, -0.2) is 8.78 Å². The molecule has 0 unspecified atom stereocenters. The Morgan fingerprint density at radius 1 is 1.18 bits per heavy atom. The van der Waals surface area contributed by atoms with E-state index >= 15 is 0 Å². The zero-order valence-electron chi connectivity index (χ0n) is 8.97. The van der Waals surface area contributed by atoms with Gasteiger partial charge in [-0.2, -0.15) is 0 Å². The molecule has 2 nitrogen and oxygen atoms in total. The van der Waals surface area contributed by atoms with Crippen molar-refractivity contribution in [1.29, 1.82) is 0 Å². The van der Waals surface area contributed by atoms with Gasteiger partial charge in [-0.3, -0.25) is 4.98 Å². The summed E-state index contributed by atoms with van der Waals surface area (Å²) < 4.78 is 27.5. The lowest BCUT2D eigenvalue weighted by atomic mass is 10.0. The molecule has 0 amide bonds. The molecule has 0 spiro atoms. The van der Waals surface area contributed by atoms with Gasteiger partial charge < -0.3 is 5.73 Å². The molecule has 2 N–H and O–H groups in total. The van der Waals surface area contributed by atoms with Gasteiger partial charge in [0.25, 0.3) is 0 Å². The smallest absolute Gasteiger partial charge is 0.136 e. The van der Waals surface area contributed by atoms with Crippen LogP contribution in [0.2, 0.25) is 5.02 Å². The first kappa shape index (κ1) is 11.8. The lowest BCUT2D eigenvalue weighted by Crippen LogP contribution is -1.97. The van der Waals surface area contributed by atoms with Gasteiger partial charge in [0.15, 0.2) is 0 Å². The number of aryl methyl sites for hydroxylation is 1. The van der Waals surface area contributed by atoms with Gasteiger partial charge in [-0.05, 0) is 25.1 Å². The number of aromatic nitrogens is 1. The molecule has 0 atom stereocenters. The Morgan fingerprint density at radius 3 is 2.29 bits per heavy atom. The van der Waals surface area contributed by atoms with Gasteiger partial charge in [0.2, 0.25) is 0 Å². The average Bonchev–Trinajstić information content (AvgIpc) is 2.21. The first-order valence-corrected chi connectivity index (χ1v) is 5.24. The van der Waals surface area contributed by atoms with Crippen LogP contribution in [0.5, 0.6) is 0 Å². The summed E-state index contributed by atoms with van der Waals surface area (Å²) in [4.78, 5) is 3.97. The minimum absolute atomic E-state index is 0.0291. The van der Waals surface area contributed by atoms with Gasteiger partial charge >= 0.3 is 0 Å². The summed E-state index contributed by atoms with van der Waals surface area (Å²) >= 11 is 5.94. The normalized spacial score (nSPS) is 10.6. The van der Waals surface area contributed by atoms with Crippen molar-refractivity contribution in [2.24, 2.45) is 0 Å². The monoisotopic (exact) mass is 254 g/mol. The molecule has 0 aliphatic carbocycles. The molecule has 2 rings (SSSR count). The number of hydrogen-bond acceptors (Lipinski definition) is 2. The van der Waals surface area contributed by atoms with E-state index in [9.17, 15) is 8.78 Å². The molecule has 1 heterocycles. The third-order valence-electron chi connectivity index (χ3n) is 2.40. The minimum atomic E-state index is -0.750. The van der Waals surface area contributed by atoms with Crippen LogP contribution in [0.1, 0.15) is 5.69 Å². The molecule has 1 aromatic heterocycles. The SMILES string of the molecule is Cc1nccc(Cl)c1-c1c(F)cc(N)cc1F. The van der Waals surface area contributed by atoms with E-state index in [-0.39, 0.29) is 21.8 Å². The molecule has 0 radical (unpaired) electrons. The third kappa shape index (κ3) is 2.08. The Labute approximate surface area is 102 Å². The number of benzene rings is 1. The summed E-state index contributed by atoms with van der Waals surface area (Å²) in [5.41, 5.74) is 5.90. The number of nitrogens with two attached hydrogens (primary N) is 1. The van der Waals surface area contributed by atoms with Crippen LogP contribution in [-0.2, 0) is 0 Å². The number of halogens is 3. The number of nitrogen functional groups attached to an aromatic ring is 1. The van der Waals surface area contributed by atoms with Gasteiger partial charge in [0, 0.05) is 23.1 Å². The van der Waals surface area contributed by atoms with E-state index in [0.717, 1.165) is 12.1 Å². The topological polar surface area (TPSA) is 38.9 Å². The molecule has 5 heteroatoms. The lowest BCUT2D eigenvalue weighted by molar-refractivity contribution is 0.590. The Bertz CT molecular complexity index is 541. The van der Waals surface area contributed by atoms with E-state index in [0.29, 0.717) is 5.69 Å². The highest BCUT2D eigenvalue weighted by molar-refractivity contribution is 6.33. The van der Waals surface area contributed by atoms with Crippen molar-refractivity contribution in [2.45, 2.75) is 6.92 Å². The Morgan fingerprint density at radius 2 is 1.76 bits per heavy atom. The van der Waals surface area contributed by atoms with Crippen molar-refractivity contribution in [3.05, 3.63) is 46.7 Å². The van der Waals surface area contributed by atoms with E-state index in [2.05, 4.69) is 4.98 Å². The van der Waals surface area contributed by atoms with Crippen LogP contribution in [0.3, 0.4) is 0 Å². The quantitative estimate of drug-likeness (QED) is 0.790. The van der Waals surface area contributed by atoms with Crippen molar-refractivity contribution in [1.82, 2.24) is 4.98 Å². The molecule has 1 aromatic carbocycles. The molecular weight excluding hydrogens is 246 g/mol. The molecule has 2 aromatic rings. The van der Waals surface area contributed by atoms with Crippen LogP contribution in [0.15, 0.2) is 24.4 Å². The van der Waals surface area contributed by atoms with Crippen LogP contribution in [0.4, 0.5) is 14.5 Å². The molecule has 0 aliphatic heterocycles. The number of anilines is 1. The highest BCUT2D eigenvalue weighted by Gasteiger charge is 2.17. The Balaban J connectivity index is 2.77. The summed E-state index contributed by atoms with van der Waals surface area (Å²) in [5.74, 6) is -1.50. The Hall–Kier alpha value is -1.68. The van der Waals surface area contributed by atoms with Gasteiger partial charge in [0.05, 0.1) is 10.6 Å². The molecular formula is C12H9ClF2N2. The number of nitrogens with zero attached hydrogens (tertiary/aromatic N) is 1. The highest BCUT2D eigenvalue weighted by atomic mass is 35.5. The summed E-state index contributed by atoms with van der Waals surface area (Å²) in [5, 5.41) is 0.250. The summed E-state index contributed by atoms with van der Waals surface area (Å²) in [6.07, 6.45) is 1.48. The summed E-state index contributed by atoms with van der Waals surface area (Å²) in [6.45, 7) is 1.64. The maximum atomic E-state index is 13.8. The fraction of sp³-hybridized carbons (Fsp3) is 0.0833. The zero-order chi connectivity index (χ0) is 12.6. The van der Waals surface area contributed by atoms with E-state index in [1.165, 1.54) is 12.3 Å². The maximum Gasteiger partial charge on any atom is 0.136 e. The highest BCUT2D eigenvalue weighted by Crippen LogP contribution is 2.34. The number of hydrogen-bond donors (Lipinski definition) is 1. The second-order valence-corrected chi connectivity index (χ2v) is 4.02. The molecule has 17 heavy (non-hydrogen) atoms. The predicted molar refractivity (Wildman–Crippen MR) is 63.7 cm³/mol. The van der Waals surface area contributed by atoms with E-state index < -0.39 is 11.6 Å². The van der Waals surface area contributed by atoms with Gasteiger partial charge in [0.1, 0.15) is 11.6 Å². The van der Waals surface area contributed by atoms with Crippen molar-refractivity contribution < 1.29 is 8.78 Å². The van der Waals surface area contributed by atoms with Crippen LogP contribution >= 0.6 is 11.6 Å². The summed E-state index contributed by atoms with van der Waals surface area (Å²) in [7, 11) is 0. The van der Waals surface area contributed by atoms with Crippen molar-refractivity contribution in [3.8, 4) is 11.1 Å². The van der Waals surface area contributed by atoms with Crippen molar-refractivity contribution in [3.63, 3.8) is 0 Å². The largest absolute Gasteiger partial charge is 0.399 e. The number of rotatable bonds is 1. The van der Waals surface area contributed by atoms with Gasteiger partial charge in [-0.15, -0.1) is 0 Å². The average molecular weight is 255 g/mol. The molecule has 0 bridgehead atoms. The molecule has 0 aliphatic rings. The third-order valence-corrected chi connectivity index (χ3v) is 2.72. The fourth-order valence-corrected chi connectivity index (χ4v) is 1.95. The van der Waals surface area contributed by atoms with Gasteiger partial charge in [-0.1, -0.05) is 11.6 Å². The van der Waals surface area contributed by atoms with E-state index in [1.54, 1.807) is 6.92 Å². The molecule has 0 fully saturated rings. The molecule has 0 saturated heterocycles. The second-order valence-electron chi connectivity index (χ2n) is 3.61.